The van der Waals surface area contributed by atoms with Crippen molar-refractivity contribution in [2.75, 3.05) is 37.1 Å². The zero-order chi connectivity index (χ0) is 25.3. The first-order chi connectivity index (χ1) is 16.6. The van der Waals surface area contributed by atoms with Crippen LogP contribution in [0.15, 0.2) is 30.3 Å². The molecule has 1 atom stereocenters. The van der Waals surface area contributed by atoms with Crippen LogP contribution in [0, 0.1) is 23.5 Å². The second kappa shape index (κ2) is 9.52. The van der Waals surface area contributed by atoms with Crippen LogP contribution in [-0.2, 0) is 9.53 Å². The van der Waals surface area contributed by atoms with E-state index in [1.165, 1.54) is 11.9 Å². The van der Waals surface area contributed by atoms with Crippen LogP contribution in [0.4, 0.5) is 20.2 Å². The molecule has 2 amide bonds. The molecule has 1 saturated heterocycles. The average molecular weight is 485 g/mol. The molecule has 0 radical (unpaired) electrons. The lowest BCUT2D eigenvalue weighted by molar-refractivity contribution is -0.140. The summed E-state index contributed by atoms with van der Waals surface area (Å²) in [5.41, 5.74) is -0.630. The van der Waals surface area contributed by atoms with Gasteiger partial charge in [0.2, 0.25) is 0 Å². The normalized spacial score (nSPS) is 18.4. The van der Waals surface area contributed by atoms with Gasteiger partial charge in [0.05, 0.1) is 30.2 Å². The highest BCUT2D eigenvalue weighted by molar-refractivity contribution is 6.03. The molecule has 35 heavy (non-hydrogen) atoms. The Bertz CT molecular complexity index is 1230. The maximum Gasteiger partial charge on any atom is 0.255 e. The number of rotatable bonds is 4. The number of aliphatic hydroxyl groups is 1. The van der Waals surface area contributed by atoms with E-state index in [2.05, 4.69) is 22.5 Å². The van der Waals surface area contributed by atoms with Crippen molar-refractivity contribution in [1.82, 2.24) is 5.32 Å². The summed E-state index contributed by atoms with van der Waals surface area (Å²) >= 11 is 0. The second-order valence-corrected chi connectivity index (χ2v) is 8.80. The Balaban J connectivity index is 1.53. The number of amides is 2. The molecule has 0 bridgehead atoms. The van der Waals surface area contributed by atoms with Crippen LogP contribution < -0.4 is 20.3 Å². The van der Waals surface area contributed by atoms with Crippen LogP contribution in [0.2, 0.25) is 0 Å². The first kappa shape index (κ1) is 24.4. The lowest BCUT2D eigenvalue weighted by Gasteiger charge is -2.30. The van der Waals surface area contributed by atoms with Crippen LogP contribution in [-0.4, -0.2) is 61.5 Å². The molecule has 8 nitrogen and oxygen atoms in total. The number of anilines is 2. The second-order valence-electron chi connectivity index (χ2n) is 8.80. The summed E-state index contributed by atoms with van der Waals surface area (Å²) in [4.78, 5) is 27.2. The number of ether oxygens (including phenoxy) is 2. The third-order valence-corrected chi connectivity index (χ3v) is 5.53. The van der Waals surface area contributed by atoms with Crippen molar-refractivity contribution < 1.29 is 33.0 Å². The van der Waals surface area contributed by atoms with Crippen LogP contribution in [0.1, 0.15) is 29.8 Å². The summed E-state index contributed by atoms with van der Waals surface area (Å²) in [6, 6.07) is 5.40. The summed E-state index contributed by atoms with van der Waals surface area (Å²) in [6.45, 7) is 3.63. The fraction of sp³-hybridized carbons (Fsp3) is 0.360. The topological polar surface area (TPSA) is 100 Å². The van der Waals surface area contributed by atoms with E-state index in [0.717, 1.165) is 6.07 Å². The minimum absolute atomic E-state index is 0.0220. The molecule has 2 aromatic carbocycles. The van der Waals surface area contributed by atoms with Gasteiger partial charge >= 0.3 is 0 Å². The van der Waals surface area contributed by atoms with Crippen LogP contribution >= 0.6 is 0 Å². The minimum Gasteiger partial charge on any atom is -0.489 e. The van der Waals surface area contributed by atoms with Crippen molar-refractivity contribution in [3.63, 3.8) is 0 Å². The van der Waals surface area contributed by atoms with Gasteiger partial charge in [0.15, 0.2) is 5.60 Å². The molecule has 0 aromatic heterocycles. The highest BCUT2D eigenvalue weighted by Crippen LogP contribution is 2.32. The van der Waals surface area contributed by atoms with Gasteiger partial charge in [0, 0.05) is 24.7 Å². The van der Waals surface area contributed by atoms with Gasteiger partial charge in [-0.2, -0.15) is 0 Å². The molecule has 3 N–H and O–H groups in total. The maximum atomic E-state index is 14.4. The highest BCUT2D eigenvalue weighted by atomic mass is 19.1. The number of nitrogens with zero attached hydrogens (tertiary/aromatic N) is 1. The van der Waals surface area contributed by atoms with E-state index in [0.29, 0.717) is 23.1 Å². The largest absolute Gasteiger partial charge is 0.489 e. The zero-order valence-corrected chi connectivity index (χ0v) is 19.4. The van der Waals surface area contributed by atoms with Gasteiger partial charge in [-0.05, 0) is 38.1 Å². The van der Waals surface area contributed by atoms with Crippen molar-refractivity contribution in [1.29, 1.82) is 0 Å². The molecule has 0 spiro atoms. The van der Waals surface area contributed by atoms with Crippen molar-refractivity contribution in [2.24, 2.45) is 0 Å². The Labute approximate surface area is 201 Å². The monoisotopic (exact) mass is 485 g/mol. The molecule has 2 aliphatic heterocycles. The Morgan fingerprint density at radius 2 is 1.97 bits per heavy atom. The van der Waals surface area contributed by atoms with Gasteiger partial charge in [0.1, 0.15) is 30.0 Å². The number of nitrogens with one attached hydrogen (secondary N) is 2. The van der Waals surface area contributed by atoms with Crippen LogP contribution in [0.25, 0.3) is 0 Å². The quantitative estimate of drug-likeness (QED) is 0.574. The van der Waals surface area contributed by atoms with E-state index in [9.17, 15) is 23.5 Å². The summed E-state index contributed by atoms with van der Waals surface area (Å²) in [7, 11) is 1.52. The molecule has 2 aromatic rings. The lowest BCUT2D eigenvalue weighted by Crippen LogP contribution is -2.49. The first-order valence-electron chi connectivity index (χ1n) is 11.0. The number of hydrogen-bond donors (Lipinski definition) is 3. The van der Waals surface area contributed by atoms with E-state index in [4.69, 9.17) is 9.47 Å². The van der Waals surface area contributed by atoms with E-state index in [1.54, 1.807) is 32.0 Å². The highest BCUT2D eigenvalue weighted by Gasteiger charge is 2.34. The third-order valence-electron chi connectivity index (χ3n) is 5.53. The van der Waals surface area contributed by atoms with Gasteiger partial charge in [-0.25, -0.2) is 8.78 Å². The fourth-order valence-corrected chi connectivity index (χ4v) is 3.62. The van der Waals surface area contributed by atoms with Crippen molar-refractivity contribution in [2.45, 2.75) is 31.5 Å². The van der Waals surface area contributed by atoms with Gasteiger partial charge < -0.3 is 30.1 Å². The Kier molecular flexibility index (Phi) is 6.65. The number of carbonyl (C=O) groups excluding carboxylic acids is 2. The Morgan fingerprint density at radius 1 is 1.23 bits per heavy atom. The van der Waals surface area contributed by atoms with E-state index in [1.807, 2.05) is 0 Å². The van der Waals surface area contributed by atoms with Gasteiger partial charge in [0.25, 0.3) is 11.8 Å². The summed E-state index contributed by atoms with van der Waals surface area (Å²) in [5, 5.41) is 15.4. The SMILES string of the molecule is CC(C)Nc1cc(C(=O)N[C@H]2COc3ccc(C#CC4(O)COC4)cc3N(C)C2=O)c(F)cc1F. The molecule has 1 fully saturated rings. The molecular weight excluding hydrogens is 460 g/mol. The molecule has 10 heteroatoms. The minimum atomic E-state index is -1.18. The third kappa shape index (κ3) is 5.21. The summed E-state index contributed by atoms with van der Waals surface area (Å²) < 4.78 is 39.1. The van der Waals surface area contributed by atoms with E-state index >= 15 is 0 Å². The molecule has 2 aliphatic rings. The van der Waals surface area contributed by atoms with Crippen LogP contribution in [0.3, 0.4) is 0 Å². The van der Waals surface area contributed by atoms with Gasteiger partial charge in [-0.3, -0.25) is 9.59 Å². The van der Waals surface area contributed by atoms with E-state index in [-0.39, 0.29) is 31.5 Å². The maximum absolute atomic E-state index is 14.4. The lowest BCUT2D eigenvalue weighted by atomic mass is 10.0. The van der Waals surface area contributed by atoms with Crippen LogP contribution in [0.5, 0.6) is 5.75 Å². The molecule has 184 valence electrons. The Hall–Kier alpha value is -3.68. The van der Waals surface area contributed by atoms with Gasteiger partial charge in [-0.1, -0.05) is 11.8 Å². The van der Waals surface area contributed by atoms with Crippen molar-refractivity contribution in [3.8, 4) is 17.6 Å². The first-order valence-corrected chi connectivity index (χ1v) is 11.0. The number of likely N-dealkylation sites (N-methyl/N-ethyl adjacent to an activating group) is 1. The van der Waals surface area contributed by atoms with Crippen molar-refractivity contribution in [3.05, 3.63) is 53.1 Å². The molecule has 4 rings (SSSR count). The fourth-order valence-electron chi connectivity index (χ4n) is 3.62. The number of halogens is 2. The number of fused-ring (bicyclic) bond motifs is 1. The Morgan fingerprint density at radius 3 is 2.63 bits per heavy atom. The summed E-state index contributed by atoms with van der Waals surface area (Å²) in [6.07, 6.45) is 0. The average Bonchev–Trinajstić information content (AvgIpc) is 2.90. The molecular formula is C25H25F2N3O5. The molecule has 0 aliphatic carbocycles. The number of hydrogen-bond acceptors (Lipinski definition) is 6. The standard InChI is InChI=1S/C25H25F2N3O5/c1-14(2)28-19-9-16(17(26)10-18(19)27)23(31)29-20-11-35-22-5-4-15(6-7-25(33)12-34-13-25)8-21(22)30(3)24(20)32/h4-5,8-10,14,20,28,33H,11-13H2,1-3H3,(H,29,31)/t20-/m0/s1. The summed E-state index contributed by atoms with van der Waals surface area (Å²) in [5.74, 6) is 2.77. The van der Waals surface area contributed by atoms with Gasteiger partial charge in [-0.15, -0.1) is 0 Å². The smallest absolute Gasteiger partial charge is 0.255 e. The van der Waals surface area contributed by atoms with Crippen molar-refractivity contribution >= 4 is 23.2 Å². The predicted octanol–water partition coefficient (Wildman–Crippen LogP) is 2.05. The number of carbonyl (C=O) groups is 2. The molecule has 0 saturated carbocycles. The van der Waals surface area contributed by atoms with E-state index < -0.39 is 40.7 Å². The number of benzene rings is 2. The predicted molar refractivity (Wildman–Crippen MR) is 124 cm³/mol. The zero-order valence-electron chi connectivity index (χ0n) is 19.4. The molecule has 0 unspecified atom stereocenters. The molecule has 2 heterocycles.